The van der Waals surface area contributed by atoms with Gasteiger partial charge >= 0.3 is 0 Å². The van der Waals surface area contributed by atoms with Crippen molar-refractivity contribution >= 4 is 39.1 Å². The molecular weight excluding hydrogens is 522 g/mol. The molecule has 202 valence electrons. The predicted octanol–water partition coefficient (Wildman–Crippen LogP) is 5.18. The van der Waals surface area contributed by atoms with E-state index in [0.717, 1.165) is 9.87 Å². The van der Waals surface area contributed by atoms with Gasteiger partial charge in [-0.05, 0) is 76.1 Å². The fourth-order valence-electron chi connectivity index (χ4n) is 3.93. The van der Waals surface area contributed by atoms with Gasteiger partial charge in [-0.25, -0.2) is 8.42 Å². The van der Waals surface area contributed by atoms with E-state index in [0.29, 0.717) is 16.3 Å². The number of hydrogen-bond acceptors (Lipinski definition) is 4. The Balaban J connectivity index is 2.04. The van der Waals surface area contributed by atoms with Crippen molar-refractivity contribution in [1.29, 1.82) is 0 Å². The van der Waals surface area contributed by atoms with Crippen molar-refractivity contribution in [3.8, 4) is 0 Å². The average molecular weight is 556 g/mol. The highest BCUT2D eigenvalue weighted by Crippen LogP contribution is 2.28. The number of nitrogens with one attached hydrogen (secondary N) is 1. The molecule has 0 bridgehead atoms. The van der Waals surface area contributed by atoms with Crippen LogP contribution in [0, 0.1) is 6.92 Å². The van der Waals surface area contributed by atoms with E-state index in [-0.39, 0.29) is 17.3 Å². The standard InChI is InChI=1S/C29H34ClN3O4S/c1-21-11-9-10-14-26(21)33(38(36,37)25-17-15-24(30)16-18-25)20-27(34)32(19-23-12-7-6-8-13-23)22(2)28(35)31-29(3,4)5/h6-18,22H,19-20H2,1-5H3,(H,31,35). The molecule has 3 rings (SSSR count). The maximum Gasteiger partial charge on any atom is 0.264 e. The van der Waals surface area contributed by atoms with Gasteiger partial charge in [-0.15, -0.1) is 0 Å². The van der Waals surface area contributed by atoms with Crippen LogP contribution in [-0.4, -0.2) is 43.3 Å². The van der Waals surface area contributed by atoms with Crippen LogP contribution in [0.5, 0.6) is 0 Å². The largest absolute Gasteiger partial charge is 0.350 e. The average Bonchev–Trinajstić information content (AvgIpc) is 2.85. The van der Waals surface area contributed by atoms with Gasteiger partial charge in [0.05, 0.1) is 10.6 Å². The summed E-state index contributed by atoms with van der Waals surface area (Å²) >= 11 is 5.99. The number of hydrogen-bond donors (Lipinski definition) is 1. The number of benzene rings is 3. The molecule has 2 amide bonds. The maximum absolute atomic E-state index is 13.9. The van der Waals surface area contributed by atoms with Crippen LogP contribution in [0.2, 0.25) is 5.02 Å². The smallest absolute Gasteiger partial charge is 0.264 e. The monoisotopic (exact) mass is 555 g/mol. The van der Waals surface area contributed by atoms with Gasteiger partial charge in [-0.1, -0.05) is 60.1 Å². The summed E-state index contributed by atoms with van der Waals surface area (Å²) < 4.78 is 28.8. The van der Waals surface area contributed by atoms with Gasteiger partial charge < -0.3 is 10.2 Å². The van der Waals surface area contributed by atoms with Crippen LogP contribution in [0.4, 0.5) is 5.69 Å². The van der Waals surface area contributed by atoms with E-state index in [4.69, 9.17) is 11.6 Å². The Kier molecular flexibility index (Phi) is 9.22. The van der Waals surface area contributed by atoms with Crippen molar-refractivity contribution < 1.29 is 18.0 Å². The second-order valence-electron chi connectivity index (χ2n) is 10.2. The highest BCUT2D eigenvalue weighted by atomic mass is 35.5. The zero-order valence-corrected chi connectivity index (χ0v) is 23.9. The Morgan fingerprint density at radius 2 is 1.50 bits per heavy atom. The molecule has 0 aliphatic heterocycles. The van der Waals surface area contributed by atoms with Crippen LogP contribution >= 0.6 is 11.6 Å². The minimum Gasteiger partial charge on any atom is -0.350 e. The summed E-state index contributed by atoms with van der Waals surface area (Å²) in [4.78, 5) is 28.4. The van der Waals surface area contributed by atoms with Gasteiger partial charge in [0.25, 0.3) is 10.0 Å². The summed E-state index contributed by atoms with van der Waals surface area (Å²) in [6, 6.07) is 21.2. The summed E-state index contributed by atoms with van der Waals surface area (Å²) in [5.74, 6) is -0.837. The predicted molar refractivity (Wildman–Crippen MR) is 152 cm³/mol. The first-order chi connectivity index (χ1) is 17.8. The number of rotatable bonds is 9. The van der Waals surface area contributed by atoms with E-state index in [1.165, 1.54) is 29.2 Å². The fraction of sp³-hybridized carbons (Fsp3) is 0.310. The van der Waals surface area contributed by atoms with Gasteiger partial charge in [0.1, 0.15) is 12.6 Å². The topological polar surface area (TPSA) is 86.8 Å². The molecule has 3 aromatic rings. The SMILES string of the molecule is Cc1ccccc1N(CC(=O)N(Cc1ccccc1)C(C)C(=O)NC(C)(C)C)S(=O)(=O)c1ccc(Cl)cc1. The normalized spacial score (nSPS) is 12.5. The van der Waals surface area contributed by atoms with Gasteiger partial charge in [0.2, 0.25) is 11.8 Å². The summed E-state index contributed by atoms with van der Waals surface area (Å²) in [5, 5.41) is 3.32. The summed E-state index contributed by atoms with van der Waals surface area (Å²) in [5.41, 5.74) is 1.38. The lowest BCUT2D eigenvalue weighted by atomic mass is 10.1. The number of carbonyl (C=O) groups is 2. The number of aryl methyl sites for hydroxylation is 1. The Morgan fingerprint density at radius 3 is 2.08 bits per heavy atom. The highest BCUT2D eigenvalue weighted by molar-refractivity contribution is 7.92. The molecule has 0 saturated carbocycles. The van der Waals surface area contributed by atoms with Crippen LogP contribution in [0.1, 0.15) is 38.8 Å². The summed E-state index contributed by atoms with van der Waals surface area (Å²) in [6.45, 7) is 8.66. The third kappa shape index (κ3) is 7.36. The third-order valence-electron chi connectivity index (χ3n) is 5.93. The summed E-state index contributed by atoms with van der Waals surface area (Å²) in [6.07, 6.45) is 0. The van der Waals surface area contributed by atoms with E-state index in [1.807, 2.05) is 51.1 Å². The van der Waals surface area contributed by atoms with Crippen LogP contribution in [0.25, 0.3) is 0 Å². The molecule has 9 heteroatoms. The number of nitrogens with zero attached hydrogens (tertiary/aromatic N) is 2. The Morgan fingerprint density at radius 1 is 0.921 bits per heavy atom. The first kappa shape index (κ1) is 29.2. The number of halogens is 1. The van der Waals surface area contributed by atoms with E-state index in [1.54, 1.807) is 38.1 Å². The van der Waals surface area contributed by atoms with Gasteiger partial charge in [-0.2, -0.15) is 0 Å². The highest BCUT2D eigenvalue weighted by Gasteiger charge is 2.33. The number of carbonyl (C=O) groups excluding carboxylic acids is 2. The molecule has 0 heterocycles. The molecule has 0 spiro atoms. The van der Waals surface area contributed by atoms with E-state index in [2.05, 4.69) is 5.32 Å². The van der Waals surface area contributed by atoms with Crippen molar-refractivity contribution in [2.24, 2.45) is 0 Å². The molecule has 1 N–H and O–H groups in total. The molecule has 3 aromatic carbocycles. The second-order valence-corrected chi connectivity index (χ2v) is 12.5. The lowest BCUT2D eigenvalue weighted by molar-refractivity contribution is -0.140. The quantitative estimate of drug-likeness (QED) is 0.394. The molecule has 0 aromatic heterocycles. The van der Waals surface area contributed by atoms with Gasteiger partial charge in [-0.3, -0.25) is 13.9 Å². The Labute approximate surface area is 230 Å². The minimum absolute atomic E-state index is 0.00564. The lowest BCUT2D eigenvalue weighted by Crippen LogP contribution is -2.54. The molecule has 0 radical (unpaired) electrons. The number of anilines is 1. The molecule has 0 aliphatic carbocycles. The Bertz CT molecular complexity index is 1370. The van der Waals surface area contributed by atoms with Crippen molar-refractivity contribution in [2.75, 3.05) is 10.8 Å². The zero-order valence-electron chi connectivity index (χ0n) is 22.3. The van der Waals surface area contributed by atoms with Gasteiger partial charge in [0, 0.05) is 17.1 Å². The van der Waals surface area contributed by atoms with Crippen LogP contribution in [-0.2, 0) is 26.2 Å². The number of sulfonamides is 1. The van der Waals surface area contributed by atoms with E-state index < -0.39 is 34.1 Å². The van der Waals surface area contributed by atoms with Gasteiger partial charge in [0.15, 0.2) is 0 Å². The molecule has 38 heavy (non-hydrogen) atoms. The van der Waals surface area contributed by atoms with Crippen LogP contribution in [0.3, 0.4) is 0 Å². The van der Waals surface area contributed by atoms with E-state index in [9.17, 15) is 18.0 Å². The maximum atomic E-state index is 13.9. The molecule has 0 saturated heterocycles. The summed E-state index contributed by atoms with van der Waals surface area (Å²) in [7, 11) is -4.14. The van der Waals surface area contributed by atoms with Crippen LogP contribution in [0.15, 0.2) is 83.8 Å². The molecule has 1 atom stereocenters. The van der Waals surface area contributed by atoms with Crippen molar-refractivity contribution in [3.05, 3.63) is 95.0 Å². The molecule has 1 unspecified atom stereocenters. The number of amides is 2. The third-order valence-corrected chi connectivity index (χ3v) is 7.95. The molecule has 7 nitrogen and oxygen atoms in total. The fourth-order valence-corrected chi connectivity index (χ4v) is 5.53. The lowest BCUT2D eigenvalue weighted by Gasteiger charge is -2.33. The Hall–Kier alpha value is -3.36. The zero-order chi connectivity index (χ0) is 28.1. The van der Waals surface area contributed by atoms with Crippen molar-refractivity contribution in [1.82, 2.24) is 10.2 Å². The van der Waals surface area contributed by atoms with Crippen LogP contribution < -0.4 is 9.62 Å². The molecular formula is C29H34ClN3O4S. The van der Waals surface area contributed by atoms with E-state index >= 15 is 0 Å². The minimum atomic E-state index is -4.14. The number of para-hydroxylation sites is 1. The molecule has 0 fully saturated rings. The second kappa shape index (κ2) is 12.0. The van der Waals surface area contributed by atoms with Crippen molar-refractivity contribution in [3.63, 3.8) is 0 Å². The first-order valence-corrected chi connectivity index (χ1v) is 14.1. The van der Waals surface area contributed by atoms with Crippen molar-refractivity contribution in [2.45, 2.75) is 57.6 Å². The molecule has 0 aliphatic rings. The first-order valence-electron chi connectivity index (χ1n) is 12.3.